The topological polar surface area (TPSA) is 55.4 Å². The molecule has 0 spiro atoms. The summed E-state index contributed by atoms with van der Waals surface area (Å²) in [5, 5.41) is 2.32. The lowest BCUT2D eigenvalue weighted by Crippen LogP contribution is -2.28. The highest BCUT2D eigenvalue weighted by molar-refractivity contribution is 5.94. The molecule has 3 aromatic heterocycles. The molecule has 0 amide bonds. The summed E-state index contributed by atoms with van der Waals surface area (Å²) in [7, 11) is 2.09. The maximum absolute atomic E-state index is 5.04. The molecule has 9 rings (SSSR count). The molecule has 3 heterocycles. The molecule has 0 bridgehead atoms. The van der Waals surface area contributed by atoms with Gasteiger partial charge in [0.15, 0.2) is 23.7 Å². The van der Waals surface area contributed by atoms with Gasteiger partial charge in [0.1, 0.15) is 7.05 Å². The van der Waals surface area contributed by atoms with Gasteiger partial charge in [0.05, 0.1) is 11.1 Å². The van der Waals surface area contributed by atoms with Gasteiger partial charge in [-0.1, -0.05) is 133 Å². The number of fused-ring (bicyclic) bond motifs is 2. The summed E-state index contributed by atoms with van der Waals surface area (Å²) < 4.78 is 2.17. The first-order valence-electron chi connectivity index (χ1n) is 17.0. The third kappa shape index (κ3) is 5.81. The molecule has 6 aromatic carbocycles. The van der Waals surface area contributed by atoms with Gasteiger partial charge in [-0.25, -0.2) is 19.5 Å². The standard InChI is InChI=1S/C46H32N5/c1-51-30-8-14-36-12-6-16-41(43(36)51)34-21-27-39(28-22-34)46-49-44(37-23-17-32(18-24-37)31-9-3-2-4-10-31)48-45(50-46)38-25-19-33(20-26-38)40-15-5-11-35-13-7-29-47-42(35)40/h2-30H,1H3/q+1. The SMILES string of the molecule is C[n+]1cccc2cccc(-c3ccc(-c4nc(-c5ccc(-c6ccccc6)cc5)nc(-c5ccc(-c6cccc7cccnc67)cc5)n4)cc3)c21. The third-order valence-electron chi connectivity index (χ3n) is 9.43. The molecule has 51 heavy (non-hydrogen) atoms. The van der Waals surface area contributed by atoms with Crippen LogP contribution in [0.25, 0.3) is 89.4 Å². The van der Waals surface area contributed by atoms with E-state index in [0.29, 0.717) is 17.5 Å². The molecular formula is C46H32N5+. The van der Waals surface area contributed by atoms with E-state index in [-0.39, 0.29) is 0 Å². The molecule has 5 nitrogen and oxygen atoms in total. The lowest BCUT2D eigenvalue weighted by molar-refractivity contribution is -0.644. The first-order valence-corrected chi connectivity index (χ1v) is 17.0. The van der Waals surface area contributed by atoms with Crippen LogP contribution in [0.5, 0.6) is 0 Å². The van der Waals surface area contributed by atoms with E-state index in [1.807, 2.05) is 18.3 Å². The van der Waals surface area contributed by atoms with E-state index < -0.39 is 0 Å². The molecule has 240 valence electrons. The summed E-state index contributed by atoms with van der Waals surface area (Å²) in [6.07, 6.45) is 3.93. The van der Waals surface area contributed by atoms with Gasteiger partial charge in [0, 0.05) is 45.3 Å². The van der Waals surface area contributed by atoms with Gasteiger partial charge in [0.2, 0.25) is 5.52 Å². The van der Waals surface area contributed by atoms with Crippen LogP contribution in [-0.4, -0.2) is 19.9 Å². The maximum Gasteiger partial charge on any atom is 0.220 e. The minimum Gasteiger partial charge on any atom is -0.256 e. The average molecular weight is 655 g/mol. The third-order valence-corrected chi connectivity index (χ3v) is 9.43. The van der Waals surface area contributed by atoms with Crippen molar-refractivity contribution in [1.82, 2.24) is 19.9 Å². The number of hydrogen-bond donors (Lipinski definition) is 0. The zero-order valence-electron chi connectivity index (χ0n) is 28.0. The fraction of sp³-hybridized carbons (Fsp3) is 0.0217. The first-order chi connectivity index (χ1) is 25.2. The van der Waals surface area contributed by atoms with Crippen LogP contribution in [-0.2, 0) is 7.05 Å². The highest BCUT2D eigenvalue weighted by Gasteiger charge is 2.16. The van der Waals surface area contributed by atoms with Crippen molar-refractivity contribution in [3.05, 3.63) is 176 Å². The molecular weight excluding hydrogens is 623 g/mol. The van der Waals surface area contributed by atoms with Gasteiger partial charge in [-0.3, -0.25) is 4.98 Å². The molecule has 9 aromatic rings. The minimum absolute atomic E-state index is 0.620. The molecule has 0 aliphatic heterocycles. The van der Waals surface area contributed by atoms with E-state index in [0.717, 1.165) is 49.8 Å². The molecule has 0 unspecified atom stereocenters. The Morgan fingerprint density at radius 1 is 0.373 bits per heavy atom. The van der Waals surface area contributed by atoms with Crippen LogP contribution in [0.3, 0.4) is 0 Å². The van der Waals surface area contributed by atoms with Gasteiger partial charge >= 0.3 is 0 Å². The van der Waals surface area contributed by atoms with Crippen molar-refractivity contribution >= 4 is 21.8 Å². The molecule has 0 radical (unpaired) electrons. The second-order valence-corrected chi connectivity index (χ2v) is 12.6. The number of benzene rings is 6. The summed E-state index contributed by atoms with van der Waals surface area (Å²) in [6.45, 7) is 0. The van der Waals surface area contributed by atoms with E-state index in [2.05, 4.69) is 174 Å². The van der Waals surface area contributed by atoms with Crippen LogP contribution in [0.4, 0.5) is 0 Å². The summed E-state index contributed by atoms with van der Waals surface area (Å²) in [4.78, 5) is 19.8. The Kier molecular flexibility index (Phi) is 7.63. The summed E-state index contributed by atoms with van der Waals surface area (Å²) in [5.41, 5.74) is 11.8. The zero-order chi connectivity index (χ0) is 34.1. The zero-order valence-corrected chi connectivity index (χ0v) is 28.0. The van der Waals surface area contributed by atoms with Gasteiger partial charge in [-0.2, -0.15) is 0 Å². The summed E-state index contributed by atoms with van der Waals surface area (Å²) in [6, 6.07) is 56.8. The van der Waals surface area contributed by atoms with Crippen LogP contribution >= 0.6 is 0 Å². The largest absolute Gasteiger partial charge is 0.256 e. The smallest absolute Gasteiger partial charge is 0.220 e. The first kappa shape index (κ1) is 30.2. The monoisotopic (exact) mass is 654 g/mol. The molecule has 5 heteroatoms. The van der Waals surface area contributed by atoms with E-state index in [1.165, 1.54) is 22.0 Å². The number of aromatic nitrogens is 5. The highest BCUT2D eigenvalue weighted by Crippen LogP contribution is 2.32. The average Bonchev–Trinajstić information content (AvgIpc) is 3.21. The minimum atomic E-state index is 0.620. The Hall–Kier alpha value is -6.85. The Morgan fingerprint density at radius 3 is 1.47 bits per heavy atom. The predicted octanol–water partition coefficient (Wildman–Crippen LogP) is 10.4. The molecule has 0 saturated heterocycles. The Labute approximate surface area is 296 Å². The molecule has 0 atom stereocenters. The van der Waals surface area contributed by atoms with Crippen molar-refractivity contribution in [3.63, 3.8) is 0 Å². The summed E-state index contributed by atoms with van der Waals surface area (Å²) >= 11 is 0. The van der Waals surface area contributed by atoms with Crippen molar-refractivity contribution in [3.8, 4) is 67.5 Å². The second-order valence-electron chi connectivity index (χ2n) is 12.6. The Balaban J connectivity index is 1.12. The summed E-state index contributed by atoms with van der Waals surface area (Å²) in [5.74, 6) is 1.87. The van der Waals surface area contributed by atoms with Crippen LogP contribution in [0.2, 0.25) is 0 Å². The second kappa shape index (κ2) is 12.9. The molecule has 0 aliphatic carbocycles. The van der Waals surface area contributed by atoms with E-state index in [1.54, 1.807) is 0 Å². The lowest BCUT2D eigenvalue weighted by Gasteiger charge is -2.11. The Morgan fingerprint density at radius 2 is 0.843 bits per heavy atom. The number of para-hydroxylation sites is 2. The van der Waals surface area contributed by atoms with Gasteiger partial charge in [-0.15, -0.1) is 0 Å². The lowest BCUT2D eigenvalue weighted by atomic mass is 10.00. The quantitative estimate of drug-likeness (QED) is 0.168. The Bertz CT molecular complexity index is 2660. The van der Waals surface area contributed by atoms with Crippen molar-refractivity contribution in [1.29, 1.82) is 0 Å². The van der Waals surface area contributed by atoms with Crippen molar-refractivity contribution < 1.29 is 4.57 Å². The number of rotatable bonds is 6. The molecule has 0 saturated carbocycles. The maximum atomic E-state index is 5.04. The van der Waals surface area contributed by atoms with Crippen molar-refractivity contribution in [2.45, 2.75) is 0 Å². The van der Waals surface area contributed by atoms with Crippen LogP contribution in [0, 0.1) is 0 Å². The number of hydrogen-bond acceptors (Lipinski definition) is 4. The van der Waals surface area contributed by atoms with Crippen LogP contribution < -0.4 is 4.57 Å². The van der Waals surface area contributed by atoms with Gasteiger partial charge < -0.3 is 0 Å². The number of aryl methyl sites for hydroxylation is 1. The molecule has 0 N–H and O–H groups in total. The van der Waals surface area contributed by atoms with Crippen molar-refractivity contribution in [2.24, 2.45) is 7.05 Å². The molecule has 0 fully saturated rings. The fourth-order valence-corrected chi connectivity index (χ4v) is 6.81. The highest BCUT2D eigenvalue weighted by atomic mass is 15.0. The fourth-order valence-electron chi connectivity index (χ4n) is 6.81. The van der Waals surface area contributed by atoms with E-state index in [9.17, 15) is 0 Å². The number of nitrogens with zero attached hydrogens (tertiary/aromatic N) is 5. The van der Waals surface area contributed by atoms with Crippen LogP contribution in [0.15, 0.2) is 176 Å². The van der Waals surface area contributed by atoms with E-state index in [4.69, 9.17) is 15.0 Å². The predicted molar refractivity (Wildman–Crippen MR) is 206 cm³/mol. The normalized spacial score (nSPS) is 11.2. The van der Waals surface area contributed by atoms with Gasteiger partial charge in [-0.05, 0) is 46.5 Å². The van der Waals surface area contributed by atoms with Crippen LogP contribution in [0.1, 0.15) is 0 Å². The van der Waals surface area contributed by atoms with Gasteiger partial charge in [0.25, 0.3) is 0 Å². The molecule has 0 aliphatic rings. The number of pyridine rings is 2. The van der Waals surface area contributed by atoms with Crippen molar-refractivity contribution in [2.75, 3.05) is 0 Å². The van der Waals surface area contributed by atoms with E-state index >= 15 is 0 Å².